The molecule has 0 radical (unpaired) electrons. The number of hydrogen-bond acceptors (Lipinski definition) is 3. The number of likely N-dealkylation sites (tertiary alicyclic amines) is 1. The van der Waals surface area contributed by atoms with E-state index in [0.29, 0.717) is 18.7 Å². The lowest BCUT2D eigenvalue weighted by atomic mass is 9.90. The van der Waals surface area contributed by atoms with Gasteiger partial charge >= 0.3 is 0 Å². The summed E-state index contributed by atoms with van der Waals surface area (Å²) in [5, 5.41) is 4.79. The number of halogens is 1. The van der Waals surface area contributed by atoms with Gasteiger partial charge < -0.3 is 10.6 Å². The highest BCUT2D eigenvalue weighted by molar-refractivity contribution is 6.00. The molecule has 0 bridgehead atoms. The number of carbonyl (C=O) groups excluding carboxylic acids is 1. The third-order valence-corrected chi connectivity index (χ3v) is 5.59. The summed E-state index contributed by atoms with van der Waals surface area (Å²) in [6.45, 7) is 6.20. The van der Waals surface area contributed by atoms with Crippen molar-refractivity contribution in [1.29, 1.82) is 0 Å². The summed E-state index contributed by atoms with van der Waals surface area (Å²) in [5.41, 5.74) is 10.3. The Bertz CT molecular complexity index is 1000. The van der Waals surface area contributed by atoms with Crippen molar-refractivity contribution >= 4 is 18.3 Å². The van der Waals surface area contributed by atoms with Crippen LogP contribution in [0.15, 0.2) is 60.8 Å². The van der Waals surface area contributed by atoms with Crippen molar-refractivity contribution in [3.63, 3.8) is 0 Å². The first-order chi connectivity index (χ1) is 13.5. The molecule has 29 heavy (non-hydrogen) atoms. The monoisotopic (exact) mass is 410 g/mol. The Morgan fingerprint density at radius 1 is 1.17 bits per heavy atom. The van der Waals surface area contributed by atoms with Crippen LogP contribution in [0.3, 0.4) is 0 Å². The third kappa shape index (κ3) is 4.21. The lowest BCUT2D eigenvalue weighted by Gasteiger charge is -2.22. The number of amides is 1. The zero-order valence-corrected chi connectivity index (χ0v) is 17.7. The van der Waals surface area contributed by atoms with E-state index in [9.17, 15) is 4.79 Å². The largest absolute Gasteiger partial charge is 0.338 e. The van der Waals surface area contributed by atoms with Crippen molar-refractivity contribution in [2.24, 2.45) is 11.1 Å². The summed E-state index contributed by atoms with van der Waals surface area (Å²) in [7, 11) is 0. The van der Waals surface area contributed by atoms with Gasteiger partial charge in [-0.15, -0.1) is 12.4 Å². The molecule has 5 nitrogen and oxygen atoms in total. The van der Waals surface area contributed by atoms with Gasteiger partial charge in [0.2, 0.25) is 0 Å². The molecular formula is C23H27ClN4O. The highest BCUT2D eigenvalue weighted by Gasteiger charge is 2.36. The molecule has 1 saturated heterocycles. The summed E-state index contributed by atoms with van der Waals surface area (Å²) in [6.07, 6.45) is 2.79. The Morgan fingerprint density at radius 2 is 1.93 bits per heavy atom. The highest BCUT2D eigenvalue weighted by Crippen LogP contribution is 2.32. The molecule has 1 aliphatic rings. The molecule has 2 N–H and O–H groups in total. The number of hydrogen-bond donors (Lipinski definition) is 1. The van der Waals surface area contributed by atoms with Crippen molar-refractivity contribution in [2.75, 3.05) is 19.6 Å². The molecule has 152 valence electrons. The average molecular weight is 411 g/mol. The van der Waals surface area contributed by atoms with Crippen LogP contribution >= 0.6 is 12.4 Å². The number of nitrogens with zero attached hydrogens (tertiary/aromatic N) is 3. The van der Waals surface area contributed by atoms with Gasteiger partial charge in [0, 0.05) is 24.8 Å². The van der Waals surface area contributed by atoms with Crippen LogP contribution in [0, 0.1) is 12.3 Å². The Hall–Kier alpha value is -2.63. The zero-order chi connectivity index (χ0) is 19.7. The van der Waals surface area contributed by atoms with Gasteiger partial charge in [-0.05, 0) is 43.5 Å². The summed E-state index contributed by atoms with van der Waals surface area (Å²) in [4.78, 5) is 15.3. The predicted molar refractivity (Wildman–Crippen MR) is 119 cm³/mol. The number of aryl methyl sites for hydroxylation is 1. The first-order valence-electron chi connectivity index (χ1n) is 9.71. The molecule has 2 heterocycles. The SMILES string of the molecule is Cc1cccc(-c2nn(-c3ccccc3)cc2C(=O)N2CCC(C)(CN)C2)c1.Cl. The number of benzene rings is 2. The van der Waals surface area contributed by atoms with Crippen LogP contribution in [0.4, 0.5) is 0 Å². The maximum atomic E-state index is 13.4. The van der Waals surface area contributed by atoms with Crippen LogP contribution < -0.4 is 5.73 Å². The van der Waals surface area contributed by atoms with Crippen molar-refractivity contribution in [3.05, 3.63) is 71.9 Å². The fraction of sp³-hybridized carbons (Fsp3) is 0.304. The average Bonchev–Trinajstić information content (AvgIpc) is 3.33. The Morgan fingerprint density at radius 3 is 2.59 bits per heavy atom. The molecule has 1 atom stereocenters. The molecule has 1 fully saturated rings. The molecule has 1 aliphatic heterocycles. The van der Waals surface area contributed by atoms with Gasteiger partial charge in [0.15, 0.2) is 0 Å². The molecule has 0 saturated carbocycles. The van der Waals surface area contributed by atoms with Gasteiger partial charge in [0.25, 0.3) is 5.91 Å². The van der Waals surface area contributed by atoms with E-state index >= 15 is 0 Å². The maximum Gasteiger partial charge on any atom is 0.257 e. The minimum absolute atomic E-state index is 0. The lowest BCUT2D eigenvalue weighted by molar-refractivity contribution is 0.0777. The highest BCUT2D eigenvalue weighted by atomic mass is 35.5. The minimum atomic E-state index is -0.00537. The van der Waals surface area contributed by atoms with Crippen LogP contribution in [0.2, 0.25) is 0 Å². The summed E-state index contributed by atoms with van der Waals surface area (Å²) < 4.78 is 1.79. The van der Waals surface area contributed by atoms with E-state index in [0.717, 1.165) is 35.5 Å². The van der Waals surface area contributed by atoms with Gasteiger partial charge in [-0.3, -0.25) is 4.79 Å². The Balaban J connectivity index is 0.00000240. The zero-order valence-electron chi connectivity index (χ0n) is 16.8. The van der Waals surface area contributed by atoms with Gasteiger partial charge in [0.1, 0.15) is 5.69 Å². The first kappa shape index (κ1) is 21.1. The first-order valence-corrected chi connectivity index (χ1v) is 9.71. The van der Waals surface area contributed by atoms with Crippen LogP contribution in [0.25, 0.3) is 16.9 Å². The van der Waals surface area contributed by atoms with Crippen molar-refractivity contribution in [3.8, 4) is 16.9 Å². The quantitative estimate of drug-likeness (QED) is 0.704. The molecular weight excluding hydrogens is 384 g/mol. The smallest absolute Gasteiger partial charge is 0.257 e. The molecule has 6 heteroatoms. The number of nitrogens with two attached hydrogens (primary N) is 1. The van der Waals surface area contributed by atoms with E-state index in [1.807, 2.05) is 66.6 Å². The second-order valence-electron chi connectivity index (χ2n) is 8.03. The number of para-hydroxylation sites is 1. The van der Waals surface area contributed by atoms with E-state index in [1.165, 1.54) is 0 Å². The second kappa shape index (κ2) is 8.39. The van der Waals surface area contributed by atoms with Crippen molar-refractivity contribution in [2.45, 2.75) is 20.3 Å². The molecule has 3 aromatic rings. The van der Waals surface area contributed by atoms with E-state index in [1.54, 1.807) is 4.68 Å². The summed E-state index contributed by atoms with van der Waals surface area (Å²) in [6, 6.07) is 18.0. The van der Waals surface area contributed by atoms with E-state index in [4.69, 9.17) is 10.8 Å². The second-order valence-corrected chi connectivity index (χ2v) is 8.03. The van der Waals surface area contributed by atoms with Gasteiger partial charge in [-0.2, -0.15) is 5.10 Å². The maximum absolute atomic E-state index is 13.4. The number of carbonyl (C=O) groups is 1. The number of aromatic nitrogens is 2. The van der Waals surface area contributed by atoms with Crippen molar-refractivity contribution < 1.29 is 4.79 Å². The molecule has 1 unspecified atom stereocenters. The minimum Gasteiger partial charge on any atom is -0.338 e. The molecule has 0 aliphatic carbocycles. The van der Waals surface area contributed by atoms with Crippen LogP contribution in [0.5, 0.6) is 0 Å². The third-order valence-electron chi connectivity index (χ3n) is 5.59. The van der Waals surface area contributed by atoms with Gasteiger partial charge in [0.05, 0.1) is 11.3 Å². The van der Waals surface area contributed by atoms with Crippen LogP contribution in [0.1, 0.15) is 29.3 Å². The van der Waals surface area contributed by atoms with Crippen molar-refractivity contribution in [1.82, 2.24) is 14.7 Å². The normalized spacial score (nSPS) is 18.5. The molecule has 4 rings (SSSR count). The predicted octanol–water partition coefficient (Wildman–Crippen LogP) is 4.08. The topological polar surface area (TPSA) is 64.2 Å². The summed E-state index contributed by atoms with van der Waals surface area (Å²) >= 11 is 0. The summed E-state index contributed by atoms with van der Waals surface area (Å²) in [5.74, 6) is 0.0239. The fourth-order valence-electron chi connectivity index (χ4n) is 3.78. The number of rotatable bonds is 4. The fourth-order valence-corrected chi connectivity index (χ4v) is 3.78. The van der Waals surface area contributed by atoms with Gasteiger partial charge in [-0.25, -0.2) is 4.68 Å². The van der Waals surface area contributed by atoms with E-state index in [-0.39, 0.29) is 23.7 Å². The molecule has 1 aromatic heterocycles. The lowest BCUT2D eigenvalue weighted by Crippen LogP contribution is -2.34. The van der Waals surface area contributed by atoms with Crippen LogP contribution in [-0.4, -0.2) is 40.2 Å². The molecule has 1 amide bonds. The Kier molecular flexibility index (Phi) is 6.10. The molecule has 0 spiro atoms. The van der Waals surface area contributed by atoms with Crippen LogP contribution in [-0.2, 0) is 0 Å². The molecule has 2 aromatic carbocycles. The van der Waals surface area contributed by atoms with E-state index < -0.39 is 0 Å². The Labute approximate surface area is 177 Å². The standard InChI is InChI=1S/C23H26N4O.ClH/c1-17-7-6-8-18(13-17)21-20(14-27(25-21)19-9-4-3-5-10-19)22(28)26-12-11-23(2,15-24)16-26;/h3-10,13-14H,11-12,15-16,24H2,1-2H3;1H. The van der Waals surface area contributed by atoms with E-state index in [2.05, 4.69) is 13.0 Å². The van der Waals surface area contributed by atoms with Gasteiger partial charge in [-0.1, -0.05) is 48.9 Å².